The summed E-state index contributed by atoms with van der Waals surface area (Å²) in [6.45, 7) is 2.04. The van der Waals surface area contributed by atoms with E-state index in [1.54, 1.807) is 11.3 Å². The van der Waals surface area contributed by atoms with Gasteiger partial charge in [0.05, 0.1) is 5.69 Å². The number of aliphatic carboxylic acids is 1. The van der Waals surface area contributed by atoms with E-state index in [-0.39, 0.29) is 0 Å². The molecule has 2 aromatic rings. The second kappa shape index (κ2) is 4.72. The first-order valence-corrected chi connectivity index (χ1v) is 7.66. The molecule has 1 aromatic heterocycles. The van der Waals surface area contributed by atoms with Gasteiger partial charge in [-0.15, -0.1) is 11.3 Å². The number of carboxylic acid groups (broad SMARTS) is 1. The number of aryl methyl sites for hydroxylation is 2. The lowest BCUT2D eigenvalue weighted by Gasteiger charge is -2.04. The fourth-order valence-electron chi connectivity index (χ4n) is 2.38. The van der Waals surface area contributed by atoms with Gasteiger partial charge in [0.15, 0.2) is 0 Å². The molecule has 98 valence electrons. The highest BCUT2D eigenvalue weighted by Crippen LogP contribution is 2.41. The largest absolute Gasteiger partial charge is 0.481 e. The van der Waals surface area contributed by atoms with Crippen LogP contribution in [0.3, 0.4) is 0 Å². The fourth-order valence-corrected chi connectivity index (χ4v) is 4.37. The molecule has 1 aliphatic carbocycles. The number of carboxylic acids is 1. The van der Waals surface area contributed by atoms with Gasteiger partial charge in [0, 0.05) is 14.9 Å². The summed E-state index contributed by atoms with van der Waals surface area (Å²) in [7, 11) is 0. The number of halogens is 1. The normalized spacial score (nSPS) is 17.5. The van der Waals surface area contributed by atoms with Crippen molar-refractivity contribution in [1.29, 1.82) is 0 Å². The van der Waals surface area contributed by atoms with Crippen LogP contribution < -0.4 is 0 Å². The molecule has 0 bridgehead atoms. The smallest absolute Gasteiger partial charge is 0.312 e. The Hall–Kier alpha value is -1.20. The molecule has 1 unspecified atom stereocenters. The van der Waals surface area contributed by atoms with Crippen LogP contribution in [0.15, 0.2) is 22.7 Å². The van der Waals surface area contributed by atoms with Crippen molar-refractivity contribution in [2.75, 3.05) is 0 Å². The number of hydrogen-bond donors (Lipinski definition) is 1. The average molecular weight is 338 g/mol. The van der Waals surface area contributed by atoms with E-state index < -0.39 is 11.9 Å². The summed E-state index contributed by atoms with van der Waals surface area (Å²) in [6, 6.07) is 6.13. The Morgan fingerprint density at radius 3 is 3.00 bits per heavy atom. The third kappa shape index (κ3) is 2.21. The monoisotopic (exact) mass is 337 g/mol. The van der Waals surface area contributed by atoms with Gasteiger partial charge in [-0.3, -0.25) is 4.79 Å². The van der Waals surface area contributed by atoms with Gasteiger partial charge in [-0.2, -0.15) is 0 Å². The van der Waals surface area contributed by atoms with Crippen molar-refractivity contribution in [2.45, 2.75) is 25.7 Å². The Balaban J connectivity index is 2.04. The Labute approximate surface area is 123 Å². The number of nitrogens with zero attached hydrogens (tertiary/aromatic N) is 1. The van der Waals surface area contributed by atoms with Crippen LogP contribution in [0, 0.1) is 6.92 Å². The number of hydrogen-bond acceptors (Lipinski definition) is 3. The molecule has 0 aliphatic heterocycles. The van der Waals surface area contributed by atoms with Crippen molar-refractivity contribution in [3.05, 3.63) is 38.8 Å². The molecule has 0 saturated heterocycles. The maximum absolute atomic E-state index is 11.2. The average Bonchev–Trinajstić information content (AvgIpc) is 2.87. The standard InChI is InChI=1S/C14H12BrNO2S/c1-7-2-3-8(10(15)6-7)13-16-12-9(14(17)18)4-5-11(12)19-13/h2-3,6,9H,4-5H2,1H3,(H,17,18). The van der Waals surface area contributed by atoms with Crippen LogP contribution in [0.5, 0.6) is 0 Å². The van der Waals surface area contributed by atoms with Crippen molar-refractivity contribution < 1.29 is 9.90 Å². The van der Waals surface area contributed by atoms with Gasteiger partial charge in [-0.05, 0) is 31.4 Å². The van der Waals surface area contributed by atoms with Crippen LogP contribution in [0.4, 0.5) is 0 Å². The minimum atomic E-state index is -0.765. The SMILES string of the molecule is Cc1ccc(-c2nc3c(s2)CCC3C(=O)O)c(Br)c1. The molecular weight excluding hydrogens is 326 g/mol. The summed E-state index contributed by atoms with van der Waals surface area (Å²) in [5.74, 6) is -1.19. The lowest BCUT2D eigenvalue weighted by Crippen LogP contribution is -2.08. The fraction of sp³-hybridized carbons (Fsp3) is 0.286. The summed E-state index contributed by atoms with van der Waals surface area (Å²) in [6.07, 6.45) is 1.51. The summed E-state index contributed by atoms with van der Waals surface area (Å²) in [4.78, 5) is 16.9. The summed E-state index contributed by atoms with van der Waals surface area (Å²) < 4.78 is 1.01. The predicted molar refractivity (Wildman–Crippen MR) is 78.7 cm³/mol. The van der Waals surface area contributed by atoms with Crippen LogP contribution in [-0.4, -0.2) is 16.1 Å². The Morgan fingerprint density at radius 2 is 2.32 bits per heavy atom. The summed E-state index contributed by atoms with van der Waals surface area (Å²) in [5, 5.41) is 10.1. The summed E-state index contributed by atoms with van der Waals surface area (Å²) >= 11 is 5.16. The Morgan fingerprint density at radius 1 is 1.53 bits per heavy atom. The first kappa shape index (κ1) is 12.8. The van der Waals surface area contributed by atoms with E-state index in [0.29, 0.717) is 6.42 Å². The van der Waals surface area contributed by atoms with E-state index in [4.69, 9.17) is 0 Å². The second-order valence-electron chi connectivity index (χ2n) is 4.74. The molecule has 1 N–H and O–H groups in total. The molecule has 0 amide bonds. The number of fused-ring (bicyclic) bond motifs is 1. The molecule has 0 fully saturated rings. The maximum atomic E-state index is 11.2. The molecular formula is C14H12BrNO2S. The quantitative estimate of drug-likeness (QED) is 0.901. The molecule has 0 saturated carbocycles. The predicted octanol–water partition coefficient (Wildman–Crippen LogP) is 4.00. The van der Waals surface area contributed by atoms with Gasteiger partial charge in [0.2, 0.25) is 0 Å². The van der Waals surface area contributed by atoms with Crippen molar-refractivity contribution >= 4 is 33.2 Å². The lowest BCUT2D eigenvalue weighted by atomic mass is 10.1. The molecule has 0 spiro atoms. The molecule has 0 radical (unpaired) electrons. The van der Waals surface area contributed by atoms with Crippen LogP contribution >= 0.6 is 27.3 Å². The minimum absolute atomic E-state index is 0.427. The van der Waals surface area contributed by atoms with Gasteiger partial charge < -0.3 is 5.11 Å². The first-order valence-electron chi connectivity index (χ1n) is 6.05. The maximum Gasteiger partial charge on any atom is 0.312 e. The van der Waals surface area contributed by atoms with E-state index in [9.17, 15) is 9.90 Å². The van der Waals surface area contributed by atoms with E-state index in [1.807, 2.05) is 19.1 Å². The molecule has 1 heterocycles. The third-order valence-corrected chi connectivity index (χ3v) is 5.19. The zero-order valence-electron chi connectivity index (χ0n) is 10.3. The van der Waals surface area contributed by atoms with Gasteiger partial charge in [-0.25, -0.2) is 4.98 Å². The second-order valence-corrected chi connectivity index (χ2v) is 6.68. The van der Waals surface area contributed by atoms with Crippen molar-refractivity contribution in [2.24, 2.45) is 0 Å². The van der Waals surface area contributed by atoms with E-state index in [0.717, 1.165) is 32.0 Å². The van der Waals surface area contributed by atoms with Crippen molar-refractivity contribution in [3.63, 3.8) is 0 Å². The highest BCUT2D eigenvalue weighted by atomic mass is 79.9. The Bertz CT molecular complexity index is 665. The van der Waals surface area contributed by atoms with Gasteiger partial charge in [0.1, 0.15) is 10.9 Å². The zero-order chi connectivity index (χ0) is 13.6. The molecule has 19 heavy (non-hydrogen) atoms. The molecule has 1 aromatic carbocycles. The van der Waals surface area contributed by atoms with Crippen LogP contribution in [0.25, 0.3) is 10.6 Å². The van der Waals surface area contributed by atoms with Crippen LogP contribution in [0.1, 0.15) is 28.5 Å². The first-order chi connectivity index (χ1) is 9.06. The molecule has 1 aliphatic rings. The molecule has 1 atom stereocenters. The van der Waals surface area contributed by atoms with E-state index in [1.165, 1.54) is 5.56 Å². The minimum Gasteiger partial charge on any atom is -0.481 e. The molecule has 5 heteroatoms. The number of thiazole rings is 1. The van der Waals surface area contributed by atoms with Crippen molar-refractivity contribution in [1.82, 2.24) is 4.98 Å². The zero-order valence-corrected chi connectivity index (χ0v) is 12.7. The highest BCUT2D eigenvalue weighted by molar-refractivity contribution is 9.10. The number of benzene rings is 1. The highest BCUT2D eigenvalue weighted by Gasteiger charge is 2.32. The van der Waals surface area contributed by atoms with Crippen LogP contribution in [-0.2, 0) is 11.2 Å². The van der Waals surface area contributed by atoms with E-state index >= 15 is 0 Å². The van der Waals surface area contributed by atoms with Gasteiger partial charge in [0.25, 0.3) is 0 Å². The van der Waals surface area contributed by atoms with Gasteiger partial charge >= 0.3 is 5.97 Å². The van der Waals surface area contributed by atoms with Gasteiger partial charge in [-0.1, -0.05) is 28.1 Å². The third-order valence-electron chi connectivity index (χ3n) is 3.37. The number of rotatable bonds is 2. The number of aromatic nitrogens is 1. The molecule has 3 rings (SSSR count). The topological polar surface area (TPSA) is 50.2 Å². The van der Waals surface area contributed by atoms with Crippen molar-refractivity contribution in [3.8, 4) is 10.6 Å². The number of carbonyl (C=O) groups is 1. The summed E-state index contributed by atoms with van der Waals surface area (Å²) in [5.41, 5.74) is 2.98. The molecule has 3 nitrogen and oxygen atoms in total. The van der Waals surface area contributed by atoms with Crippen LogP contribution in [0.2, 0.25) is 0 Å². The lowest BCUT2D eigenvalue weighted by molar-refractivity contribution is -0.138. The van der Waals surface area contributed by atoms with E-state index in [2.05, 4.69) is 27.0 Å². The Kier molecular flexibility index (Phi) is 3.19.